The molecule has 166 valence electrons. The van der Waals surface area contributed by atoms with Gasteiger partial charge in [0, 0.05) is 25.6 Å². The number of furan rings is 1. The van der Waals surface area contributed by atoms with Crippen LogP contribution in [0, 0.1) is 0 Å². The quantitative estimate of drug-likeness (QED) is 0.737. The van der Waals surface area contributed by atoms with Gasteiger partial charge in [-0.15, -0.1) is 0 Å². The lowest BCUT2D eigenvalue weighted by Crippen LogP contribution is -2.35. The summed E-state index contributed by atoms with van der Waals surface area (Å²) in [5, 5.41) is 3.06. The molecule has 2 aromatic rings. The second kappa shape index (κ2) is 10.0. The van der Waals surface area contributed by atoms with E-state index in [1.165, 1.54) is 12.8 Å². The topological polar surface area (TPSA) is 75.0 Å². The number of benzene rings is 1. The van der Waals surface area contributed by atoms with Gasteiger partial charge in [-0.1, -0.05) is 12.1 Å². The normalized spacial score (nSPS) is 20.0. The van der Waals surface area contributed by atoms with E-state index in [4.69, 9.17) is 9.15 Å². The summed E-state index contributed by atoms with van der Waals surface area (Å²) in [4.78, 5) is 29.5. The third kappa shape index (κ3) is 5.67. The van der Waals surface area contributed by atoms with Gasteiger partial charge >= 0.3 is 0 Å². The Morgan fingerprint density at radius 1 is 1.13 bits per heavy atom. The standard InChI is InChI=1S/C24H31N3O4/c1-30-20-6-4-5-18(15-20)16-27-14-11-19(7-10-23(27)28)25-24(29)22-9-8-21(31-22)17-26-12-2-3-13-26/h4-6,8-9,15,19H,2-3,7,10-14,16-17H2,1H3,(H,25,29). The summed E-state index contributed by atoms with van der Waals surface area (Å²) in [7, 11) is 1.64. The predicted octanol–water partition coefficient (Wildman–Crippen LogP) is 3.20. The van der Waals surface area contributed by atoms with Crippen LogP contribution in [-0.4, -0.2) is 54.4 Å². The Bertz CT molecular complexity index is 904. The van der Waals surface area contributed by atoms with Gasteiger partial charge in [-0.3, -0.25) is 14.5 Å². The van der Waals surface area contributed by atoms with Gasteiger partial charge in [-0.2, -0.15) is 0 Å². The number of amides is 2. The molecule has 1 atom stereocenters. The SMILES string of the molecule is COc1cccc(CN2CCC(NC(=O)c3ccc(CN4CCCC4)o3)CCC2=O)c1. The first kappa shape index (κ1) is 21.4. The average Bonchev–Trinajstić information content (AvgIpc) is 3.44. The van der Waals surface area contributed by atoms with E-state index in [2.05, 4.69) is 10.2 Å². The first-order chi connectivity index (χ1) is 15.1. The number of carbonyl (C=O) groups excluding carboxylic acids is 2. The van der Waals surface area contributed by atoms with Gasteiger partial charge in [0.15, 0.2) is 5.76 Å². The van der Waals surface area contributed by atoms with Crippen molar-refractivity contribution in [3.05, 3.63) is 53.5 Å². The lowest BCUT2D eigenvalue weighted by Gasteiger charge is -2.21. The van der Waals surface area contributed by atoms with E-state index in [9.17, 15) is 9.59 Å². The van der Waals surface area contributed by atoms with E-state index >= 15 is 0 Å². The number of nitrogens with one attached hydrogen (secondary N) is 1. The van der Waals surface area contributed by atoms with E-state index < -0.39 is 0 Å². The molecule has 1 aromatic heterocycles. The summed E-state index contributed by atoms with van der Waals surface area (Å²) < 4.78 is 11.1. The molecule has 3 heterocycles. The molecule has 2 saturated heterocycles. The van der Waals surface area contributed by atoms with Crippen LogP contribution in [0.15, 0.2) is 40.8 Å². The molecule has 1 N–H and O–H groups in total. The smallest absolute Gasteiger partial charge is 0.287 e. The van der Waals surface area contributed by atoms with Crippen molar-refractivity contribution in [2.24, 2.45) is 0 Å². The Morgan fingerprint density at radius 3 is 2.77 bits per heavy atom. The second-order valence-corrected chi connectivity index (χ2v) is 8.41. The molecule has 0 radical (unpaired) electrons. The van der Waals surface area contributed by atoms with Gasteiger partial charge in [0.25, 0.3) is 5.91 Å². The summed E-state index contributed by atoms with van der Waals surface area (Å²) in [6, 6.07) is 11.4. The molecule has 0 aliphatic carbocycles. The minimum Gasteiger partial charge on any atom is -0.497 e. The first-order valence-corrected chi connectivity index (χ1v) is 11.1. The summed E-state index contributed by atoms with van der Waals surface area (Å²) in [6.07, 6.45) is 4.24. The number of hydrogen-bond acceptors (Lipinski definition) is 5. The summed E-state index contributed by atoms with van der Waals surface area (Å²) >= 11 is 0. The largest absolute Gasteiger partial charge is 0.497 e. The molecule has 2 aliphatic heterocycles. The molecule has 2 amide bonds. The van der Waals surface area contributed by atoms with Crippen molar-refractivity contribution in [1.82, 2.24) is 15.1 Å². The van der Waals surface area contributed by atoms with Crippen LogP contribution >= 0.6 is 0 Å². The molecule has 0 bridgehead atoms. The summed E-state index contributed by atoms with van der Waals surface area (Å²) in [5.74, 6) is 1.87. The average molecular weight is 426 g/mol. The fourth-order valence-electron chi connectivity index (χ4n) is 4.34. The number of ether oxygens (including phenoxy) is 1. The summed E-state index contributed by atoms with van der Waals surface area (Å²) in [6.45, 7) is 4.09. The van der Waals surface area contributed by atoms with Crippen molar-refractivity contribution < 1.29 is 18.7 Å². The number of hydrogen-bond donors (Lipinski definition) is 1. The molecular formula is C24H31N3O4. The van der Waals surface area contributed by atoms with E-state index in [0.717, 1.165) is 43.1 Å². The van der Waals surface area contributed by atoms with Gasteiger partial charge in [0.1, 0.15) is 11.5 Å². The Balaban J connectivity index is 1.30. The molecule has 0 spiro atoms. The molecule has 7 heteroatoms. The highest BCUT2D eigenvalue weighted by Gasteiger charge is 2.25. The number of carbonyl (C=O) groups is 2. The fourth-order valence-corrected chi connectivity index (χ4v) is 4.34. The van der Waals surface area contributed by atoms with E-state index in [1.54, 1.807) is 13.2 Å². The van der Waals surface area contributed by atoms with Gasteiger partial charge in [-0.25, -0.2) is 0 Å². The highest BCUT2D eigenvalue weighted by Crippen LogP contribution is 2.19. The number of likely N-dealkylation sites (tertiary alicyclic amines) is 2. The van der Waals surface area contributed by atoms with Gasteiger partial charge < -0.3 is 19.4 Å². The number of methoxy groups -OCH3 is 1. The molecule has 2 aliphatic rings. The third-order valence-electron chi connectivity index (χ3n) is 6.11. The van der Waals surface area contributed by atoms with Crippen molar-refractivity contribution in [2.75, 3.05) is 26.7 Å². The van der Waals surface area contributed by atoms with Crippen molar-refractivity contribution >= 4 is 11.8 Å². The first-order valence-electron chi connectivity index (χ1n) is 11.1. The number of nitrogens with zero attached hydrogens (tertiary/aromatic N) is 2. The Morgan fingerprint density at radius 2 is 1.97 bits per heavy atom. The fraction of sp³-hybridized carbons (Fsp3) is 0.500. The van der Waals surface area contributed by atoms with Crippen LogP contribution in [0.3, 0.4) is 0 Å². The maximum absolute atomic E-state index is 12.7. The third-order valence-corrected chi connectivity index (χ3v) is 6.11. The molecule has 0 saturated carbocycles. The minimum absolute atomic E-state index is 0.0427. The van der Waals surface area contributed by atoms with E-state index in [1.807, 2.05) is 35.2 Å². The maximum Gasteiger partial charge on any atom is 0.287 e. The zero-order valence-corrected chi connectivity index (χ0v) is 18.1. The zero-order valence-electron chi connectivity index (χ0n) is 18.1. The predicted molar refractivity (Wildman–Crippen MR) is 117 cm³/mol. The van der Waals surface area contributed by atoms with Crippen molar-refractivity contribution in [3.8, 4) is 5.75 Å². The van der Waals surface area contributed by atoms with Crippen LogP contribution in [0.5, 0.6) is 5.75 Å². The van der Waals surface area contributed by atoms with Crippen molar-refractivity contribution in [3.63, 3.8) is 0 Å². The molecule has 7 nitrogen and oxygen atoms in total. The molecular weight excluding hydrogens is 394 g/mol. The second-order valence-electron chi connectivity index (χ2n) is 8.41. The van der Waals surface area contributed by atoms with Gasteiger partial charge in [-0.05, 0) is 68.6 Å². The van der Waals surface area contributed by atoms with Crippen LogP contribution in [0.25, 0.3) is 0 Å². The van der Waals surface area contributed by atoms with Crippen LogP contribution in [-0.2, 0) is 17.9 Å². The number of rotatable bonds is 7. The molecule has 2 fully saturated rings. The molecule has 1 unspecified atom stereocenters. The van der Waals surface area contributed by atoms with Gasteiger partial charge in [0.2, 0.25) is 5.91 Å². The van der Waals surface area contributed by atoms with Crippen molar-refractivity contribution in [2.45, 2.75) is 51.2 Å². The summed E-state index contributed by atoms with van der Waals surface area (Å²) in [5.41, 5.74) is 1.04. The zero-order chi connectivity index (χ0) is 21.6. The lowest BCUT2D eigenvalue weighted by atomic mass is 10.1. The monoisotopic (exact) mass is 425 g/mol. The molecule has 31 heavy (non-hydrogen) atoms. The van der Waals surface area contributed by atoms with Gasteiger partial charge in [0.05, 0.1) is 13.7 Å². The Labute approximate surface area is 183 Å². The lowest BCUT2D eigenvalue weighted by molar-refractivity contribution is -0.131. The van der Waals surface area contributed by atoms with Crippen molar-refractivity contribution in [1.29, 1.82) is 0 Å². The van der Waals surface area contributed by atoms with E-state index in [-0.39, 0.29) is 17.9 Å². The van der Waals surface area contributed by atoms with Crippen LogP contribution in [0.4, 0.5) is 0 Å². The van der Waals surface area contributed by atoms with Crippen LogP contribution in [0.2, 0.25) is 0 Å². The molecule has 1 aromatic carbocycles. The Hall–Kier alpha value is -2.80. The maximum atomic E-state index is 12.7. The van der Waals surface area contributed by atoms with Crippen LogP contribution < -0.4 is 10.1 Å². The van der Waals surface area contributed by atoms with Crippen LogP contribution in [0.1, 0.15) is 54.0 Å². The Kier molecular flexibility index (Phi) is 6.92. The van der Waals surface area contributed by atoms with E-state index in [0.29, 0.717) is 31.7 Å². The highest BCUT2D eigenvalue weighted by molar-refractivity contribution is 5.91. The minimum atomic E-state index is -0.202. The molecule has 4 rings (SSSR count). The highest BCUT2D eigenvalue weighted by atomic mass is 16.5.